The Morgan fingerprint density at radius 2 is 1.61 bits per heavy atom. The minimum absolute atomic E-state index is 0.546. The number of carbonyl (C=O) groups is 1. The fourth-order valence-electron chi connectivity index (χ4n) is 4.02. The van der Waals surface area contributed by atoms with Gasteiger partial charge in [-0.1, -0.05) is 0 Å². The summed E-state index contributed by atoms with van der Waals surface area (Å²) in [6.45, 7) is 12.2. The van der Waals surface area contributed by atoms with E-state index in [0.29, 0.717) is 0 Å². The maximum absolute atomic E-state index is 11.8. The first-order chi connectivity index (χ1) is 10.1. The maximum Gasteiger partial charge on any atom is 0.303 e. The van der Waals surface area contributed by atoms with Crippen LogP contribution in [0.3, 0.4) is 0 Å². The lowest BCUT2D eigenvalue weighted by Gasteiger charge is -2.50. The Labute approximate surface area is 136 Å². The SMILES string of the molecule is CC(=O)OC1(C)C(C)(C(C)(O)CO)OC2(C)OC(C)(C)OC21C. The minimum Gasteiger partial charge on any atom is -0.453 e. The lowest BCUT2D eigenvalue weighted by atomic mass is 9.67. The zero-order valence-electron chi connectivity index (χ0n) is 15.1. The molecule has 0 aromatic carbocycles. The molecule has 0 bridgehead atoms. The molecule has 2 saturated heterocycles. The third-order valence-electron chi connectivity index (χ3n) is 5.66. The molecule has 2 aliphatic heterocycles. The third-order valence-corrected chi connectivity index (χ3v) is 5.66. The Morgan fingerprint density at radius 1 is 1.09 bits per heavy atom. The maximum atomic E-state index is 11.8. The largest absolute Gasteiger partial charge is 0.453 e. The van der Waals surface area contributed by atoms with Crippen molar-refractivity contribution in [3.8, 4) is 0 Å². The molecule has 7 heteroatoms. The van der Waals surface area contributed by atoms with Gasteiger partial charge in [-0.05, 0) is 48.5 Å². The van der Waals surface area contributed by atoms with Gasteiger partial charge in [-0.3, -0.25) is 4.79 Å². The monoisotopic (exact) mass is 332 g/mol. The van der Waals surface area contributed by atoms with E-state index in [0.717, 1.165) is 0 Å². The number of aliphatic hydroxyl groups excluding tert-OH is 1. The van der Waals surface area contributed by atoms with Crippen LogP contribution in [-0.2, 0) is 23.7 Å². The van der Waals surface area contributed by atoms with E-state index in [1.165, 1.54) is 13.8 Å². The second-order valence-corrected chi connectivity index (χ2v) is 7.78. The molecule has 2 rings (SSSR count). The summed E-state index contributed by atoms with van der Waals surface area (Å²) in [6.07, 6.45) is 0. The van der Waals surface area contributed by atoms with E-state index in [-0.39, 0.29) is 0 Å². The van der Waals surface area contributed by atoms with Gasteiger partial charge in [0.15, 0.2) is 17.0 Å². The van der Waals surface area contributed by atoms with Crippen molar-refractivity contribution in [3.05, 3.63) is 0 Å². The second kappa shape index (κ2) is 4.67. The van der Waals surface area contributed by atoms with Gasteiger partial charge < -0.3 is 29.2 Å². The summed E-state index contributed by atoms with van der Waals surface area (Å²) in [5, 5.41) is 20.4. The predicted molar refractivity (Wildman–Crippen MR) is 80.4 cm³/mol. The van der Waals surface area contributed by atoms with E-state index in [1.807, 2.05) is 0 Å². The predicted octanol–water partition coefficient (Wildman–Crippen LogP) is 1.10. The molecular weight excluding hydrogens is 304 g/mol. The van der Waals surface area contributed by atoms with Crippen LogP contribution in [0.15, 0.2) is 0 Å². The molecule has 5 atom stereocenters. The minimum atomic E-state index is -1.70. The van der Waals surface area contributed by atoms with Crippen molar-refractivity contribution in [1.82, 2.24) is 0 Å². The molecule has 5 unspecified atom stereocenters. The van der Waals surface area contributed by atoms with Gasteiger partial charge in [0.2, 0.25) is 5.79 Å². The Balaban J connectivity index is 2.69. The van der Waals surface area contributed by atoms with Gasteiger partial charge in [-0.15, -0.1) is 0 Å². The molecule has 0 amide bonds. The molecule has 2 fully saturated rings. The number of ether oxygens (including phenoxy) is 4. The molecule has 0 aliphatic carbocycles. The first-order valence-electron chi connectivity index (χ1n) is 7.73. The van der Waals surface area contributed by atoms with Crippen LogP contribution in [0.4, 0.5) is 0 Å². The first-order valence-corrected chi connectivity index (χ1v) is 7.73. The van der Waals surface area contributed by atoms with Gasteiger partial charge in [0.25, 0.3) is 0 Å². The molecule has 2 N–H and O–H groups in total. The van der Waals surface area contributed by atoms with Crippen molar-refractivity contribution in [2.45, 2.75) is 89.4 Å². The van der Waals surface area contributed by atoms with E-state index in [4.69, 9.17) is 18.9 Å². The molecule has 0 aromatic rings. The van der Waals surface area contributed by atoms with Gasteiger partial charge in [0.05, 0.1) is 6.61 Å². The van der Waals surface area contributed by atoms with Crippen LogP contribution in [0.2, 0.25) is 0 Å². The number of rotatable bonds is 3. The molecule has 0 saturated carbocycles. The fourth-order valence-corrected chi connectivity index (χ4v) is 4.02. The van der Waals surface area contributed by atoms with Crippen molar-refractivity contribution in [1.29, 1.82) is 0 Å². The highest BCUT2D eigenvalue weighted by molar-refractivity contribution is 5.67. The van der Waals surface area contributed by atoms with Crippen molar-refractivity contribution in [2.75, 3.05) is 6.61 Å². The van der Waals surface area contributed by atoms with Gasteiger partial charge >= 0.3 is 5.97 Å². The fraction of sp³-hybridized carbons (Fsp3) is 0.938. The number of fused-ring (bicyclic) bond motifs is 1. The number of hydrogen-bond acceptors (Lipinski definition) is 7. The zero-order chi connectivity index (χ0) is 18.1. The van der Waals surface area contributed by atoms with Crippen LogP contribution in [0, 0.1) is 0 Å². The average molecular weight is 332 g/mol. The molecule has 0 radical (unpaired) electrons. The van der Waals surface area contributed by atoms with E-state index in [1.54, 1.807) is 41.5 Å². The normalized spacial score (nSPS) is 47.9. The summed E-state index contributed by atoms with van der Waals surface area (Å²) in [5.41, 5.74) is -5.80. The van der Waals surface area contributed by atoms with E-state index < -0.39 is 46.6 Å². The van der Waals surface area contributed by atoms with Crippen molar-refractivity contribution in [2.24, 2.45) is 0 Å². The molecule has 0 aromatic heterocycles. The highest BCUT2D eigenvalue weighted by atomic mass is 16.9. The Morgan fingerprint density at radius 3 is 2.04 bits per heavy atom. The summed E-state index contributed by atoms with van der Waals surface area (Å²) >= 11 is 0. The quantitative estimate of drug-likeness (QED) is 0.747. The van der Waals surface area contributed by atoms with Crippen LogP contribution in [-0.4, -0.2) is 56.8 Å². The van der Waals surface area contributed by atoms with Crippen molar-refractivity contribution < 1.29 is 34.0 Å². The number of esters is 1. The van der Waals surface area contributed by atoms with Gasteiger partial charge in [0, 0.05) is 6.92 Å². The lowest BCUT2D eigenvalue weighted by Crippen LogP contribution is -2.70. The smallest absolute Gasteiger partial charge is 0.303 e. The summed E-state index contributed by atoms with van der Waals surface area (Å²) < 4.78 is 23.8. The first kappa shape index (κ1) is 18.6. The van der Waals surface area contributed by atoms with Gasteiger partial charge in [0.1, 0.15) is 11.2 Å². The molecule has 2 heterocycles. The molecule has 0 spiro atoms. The van der Waals surface area contributed by atoms with Crippen LogP contribution in [0.1, 0.15) is 55.4 Å². The second-order valence-electron chi connectivity index (χ2n) is 7.78. The van der Waals surface area contributed by atoms with Crippen molar-refractivity contribution in [3.63, 3.8) is 0 Å². The Hall–Kier alpha value is -0.730. The molecule has 134 valence electrons. The van der Waals surface area contributed by atoms with Crippen LogP contribution >= 0.6 is 0 Å². The standard InChI is InChI=1S/C16H28O7/c1-10(18)20-14(6)13(5,12(4,19)9-17)23-16(8)15(14,7)21-11(2,3)22-16/h17,19H,9H2,1-8H3. The van der Waals surface area contributed by atoms with E-state index in [2.05, 4.69) is 0 Å². The number of carbonyl (C=O) groups excluding carboxylic acids is 1. The van der Waals surface area contributed by atoms with E-state index >= 15 is 0 Å². The molecular formula is C16H28O7. The Kier molecular flexibility index (Phi) is 3.78. The Bertz CT molecular complexity index is 531. The van der Waals surface area contributed by atoms with Crippen LogP contribution < -0.4 is 0 Å². The van der Waals surface area contributed by atoms with Crippen LogP contribution in [0.5, 0.6) is 0 Å². The van der Waals surface area contributed by atoms with Crippen molar-refractivity contribution >= 4 is 5.97 Å². The van der Waals surface area contributed by atoms with Gasteiger partial charge in [-0.25, -0.2) is 0 Å². The zero-order valence-corrected chi connectivity index (χ0v) is 15.1. The summed E-state index contributed by atoms with van der Waals surface area (Å²) in [5.74, 6) is -2.79. The topological polar surface area (TPSA) is 94.5 Å². The van der Waals surface area contributed by atoms with Crippen LogP contribution in [0.25, 0.3) is 0 Å². The third kappa shape index (κ3) is 2.10. The molecule has 23 heavy (non-hydrogen) atoms. The lowest BCUT2D eigenvalue weighted by molar-refractivity contribution is -0.322. The molecule has 2 aliphatic rings. The highest BCUT2D eigenvalue weighted by Crippen LogP contribution is 2.64. The highest BCUT2D eigenvalue weighted by Gasteiger charge is 2.84. The average Bonchev–Trinajstić information content (AvgIpc) is 2.59. The summed E-state index contributed by atoms with van der Waals surface area (Å²) in [6, 6.07) is 0. The number of aliphatic hydroxyl groups is 2. The summed E-state index contributed by atoms with van der Waals surface area (Å²) in [4.78, 5) is 11.8. The van der Waals surface area contributed by atoms with Gasteiger partial charge in [-0.2, -0.15) is 0 Å². The number of hydrogen-bond donors (Lipinski definition) is 2. The van der Waals surface area contributed by atoms with E-state index in [9.17, 15) is 15.0 Å². The summed E-state index contributed by atoms with van der Waals surface area (Å²) in [7, 11) is 0. The molecule has 7 nitrogen and oxygen atoms in total.